The molecule has 86 valence electrons. The van der Waals surface area contributed by atoms with E-state index in [1.54, 1.807) is 0 Å². The Balaban J connectivity index is 4.07. The van der Waals surface area contributed by atoms with Gasteiger partial charge in [-0.1, -0.05) is 0 Å². The third-order valence-electron chi connectivity index (χ3n) is 1.29. The van der Waals surface area contributed by atoms with E-state index in [1.165, 1.54) is 0 Å². The number of hydrogen-bond acceptors (Lipinski definition) is 5. The summed E-state index contributed by atoms with van der Waals surface area (Å²) in [5.41, 5.74) is 0. The number of ether oxygens (including phenoxy) is 1. The van der Waals surface area contributed by atoms with E-state index in [2.05, 4.69) is 4.74 Å². The maximum absolute atomic E-state index is 11.0. The molecule has 0 radical (unpaired) electrons. The van der Waals surface area contributed by atoms with Crippen LogP contribution in [-0.2, 0) is 14.3 Å². The fourth-order valence-electron chi connectivity index (χ4n) is 0.724. The van der Waals surface area contributed by atoms with Gasteiger partial charge in [0.2, 0.25) is 0 Å². The highest BCUT2D eigenvalue weighted by Crippen LogP contribution is 2.04. The van der Waals surface area contributed by atoms with Crippen LogP contribution in [0.3, 0.4) is 0 Å². The van der Waals surface area contributed by atoms with Crippen molar-refractivity contribution in [2.75, 3.05) is 18.6 Å². The number of amides is 1. The summed E-state index contributed by atoms with van der Waals surface area (Å²) in [7, 11) is 1.13. The van der Waals surface area contributed by atoms with Gasteiger partial charge in [-0.3, -0.25) is 4.79 Å². The Bertz CT molecular complexity index is 256. The van der Waals surface area contributed by atoms with Crippen LogP contribution in [0.1, 0.15) is 0 Å². The van der Waals surface area contributed by atoms with Gasteiger partial charge in [0, 0.05) is 5.75 Å². The van der Waals surface area contributed by atoms with Gasteiger partial charge in [0.25, 0.3) is 0 Å². The minimum Gasteiger partial charge on any atom is -0.481 e. The molecule has 0 saturated carbocycles. The van der Waals surface area contributed by atoms with Crippen molar-refractivity contribution >= 4 is 29.8 Å². The Morgan fingerprint density at radius 2 is 2.00 bits per heavy atom. The number of nitrogens with one attached hydrogen (secondary N) is 1. The summed E-state index contributed by atoms with van der Waals surface area (Å²) in [6, 6.07) is -1.04. The normalized spacial score (nSPS) is 11.5. The Labute approximate surface area is 89.8 Å². The van der Waals surface area contributed by atoms with E-state index in [0.717, 1.165) is 18.9 Å². The van der Waals surface area contributed by atoms with Crippen LogP contribution in [0.2, 0.25) is 0 Å². The maximum Gasteiger partial charge on any atom is 0.405 e. The van der Waals surface area contributed by atoms with Gasteiger partial charge in [-0.2, -0.15) is 0 Å². The zero-order chi connectivity index (χ0) is 11.8. The van der Waals surface area contributed by atoms with E-state index < -0.39 is 24.1 Å². The van der Waals surface area contributed by atoms with Gasteiger partial charge in [0.05, 0.1) is 12.9 Å². The zero-order valence-corrected chi connectivity index (χ0v) is 8.74. The van der Waals surface area contributed by atoms with Crippen molar-refractivity contribution in [2.24, 2.45) is 0 Å². The molecule has 1 unspecified atom stereocenters. The molecule has 0 aromatic rings. The van der Waals surface area contributed by atoms with Crippen molar-refractivity contribution in [1.82, 2.24) is 5.32 Å². The van der Waals surface area contributed by atoms with Crippen molar-refractivity contribution in [2.45, 2.75) is 6.04 Å². The summed E-state index contributed by atoms with van der Waals surface area (Å²) in [6.07, 6.45) is -1.36. The lowest BCUT2D eigenvalue weighted by Gasteiger charge is -2.13. The first-order chi connectivity index (χ1) is 6.97. The van der Waals surface area contributed by atoms with Crippen LogP contribution in [0.4, 0.5) is 4.79 Å². The molecule has 1 atom stereocenters. The summed E-state index contributed by atoms with van der Waals surface area (Å²) in [4.78, 5) is 31.5. The second kappa shape index (κ2) is 6.93. The second-order valence-corrected chi connectivity index (χ2v) is 3.46. The topological polar surface area (TPSA) is 113 Å². The number of carbonyl (C=O) groups is 3. The molecule has 0 aliphatic rings. The average Bonchev–Trinajstić information content (AvgIpc) is 2.14. The first-order valence-electron chi connectivity index (χ1n) is 3.84. The first-order valence-corrected chi connectivity index (χ1v) is 4.99. The Hall–Kier alpha value is -1.44. The van der Waals surface area contributed by atoms with Crippen molar-refractivity contribution in [3.05, 3.63) is 0 Å². The monoisotopic (exact) mass is 237 g/mol. The van der Waals surface area contributed by atoms with E-state index >= 15 is 0 Å². The largest absolute Gasteiger partial charge is 0.481 e. The van der Waals surface area contributed by atoms with E-state index in [1.807, 2.05) is 5.32 Å². The van der Waals surface area contributed by atoms with Crippen LogP contribution < -0.4 is 5.32 Å². The summed E-state index contributed by atoms with van der Waals surface area (Å²) < 4.78 is 4.35. The number of hydrogen-bond donors (Lipinski definition) is 3. The third-order valence-corrected chi connectivity index (χ3v) is 2.31. The minimum absolute atomic E-state index is 0.0191. The fourth-order valence-corrected chi connectivity index (χ4v) is 1.47. The lowest BCUT2D eigenvalue weighted by molar-refractivity contribution is -0.142. The molecule has 1 amide bonds. The van der Waals surface area contributed by atoms with Gasteiger partial charge in [-0.15, -0.1) is 11.8 Å². The second-order valence-electron chi connectivity index (χ2n) is 2.43. The minimum atomic E-state index is -1.36. The number of rotatable bonds is 6. The number of aliphatic carboxylic acids is 1. The van der Waals surface area contributed by atoms with Gasteiger partial charge in [-0.25, -0.2) is 9.59 Å². The van der Waals surface area contributed by atoms with Crippen LogP contribution in [0, 0.1) is 0 Å². The molecule has 3 N–H and O–H groups in total. The number of carbonyl (C=O) groups excluding carboxylic acids is 1. The molecule has 0 saturated heterocycles. The van der Waals surface area contributed by atoms with Crippen LogP contribution in [0.5, 0.6) is 0 Å². The lowest BCUT2D eigenvalue weighted by atomic mass is 10.3. The molecule has 0 heterocycles. The molecule has 0 aromatic carbocycles. The molecule has 0 aromatic heterocycles. The molecule has 0 spiro atoms. The van der Waals surface area contributed by atoms with E-state index in [-0.39, 0.29) is 11.5 Å². The smallest absolute Gasteiger partial charge is 0.405 e. The third kappa shape index (κ3) is 6.61. The van der Waals surface area contributed by atoms with Crippen LogP contribution >= 0.6 is 11.8 Å². The van der Waals surface area contributed by atoms with Gasteiger partial charge in [-0.05, 0) is 0 Å². The molecular formula is C7H11NO6S. The Morgan fingerprint density at radius 1 is 1.40 bits per heavy atom. The van der Waals surface area contributed by atoms with Gasteiger partial charge in [0.15, 0.2) is 0 Å². The van der Waals surface area contributed by atoms with Gasteiger partial charge < -0.3 is 20.3 Å². The predicted octanol–water partition coefficient (Wildman–Crippen LogP) is -0.387. The van der Waals surface area contributed by atoms with Crippen LogP contribution in [0.15, 0.2) is 0 Å². The predicted molar refractivity (Wildman–Crippen MR) is 51.9 cm³/mol. The molecule has 0 bridgehead atoms. The summed E-state index contributed by atoms with van der Waals surface area (Å²) in [5, 5.41) is 18.7. The molecule has 8 heteroatoms. The number of esters is 1. The summed E-state index contributed by atoms with van der Waals surface area (Å²) in [6.45, 7) is 0. The van der Waals surface area contributed by atoms with Crippen molar-refractivity contribution < 1.29 is 29.3 Å². The first kappa shape index (κ1) is 13.6. The molecule has 0 rings (SSSR count). The molecular weight excluding hydrogens is 226 g/mol. The lowest BCUT2D eigenvalue weighted by Crippen LogP contribution is -2.42. The van der Waals surface area contributed by atoms with Crippen LogP contribution in [0.25, 0.3) is 0 Å². The molecule has 0 aliphatic heterocycles. The number of thioether (sulfide) groups is 1. The standard InChI is InChI=1S/C7H11NO6S/c1-14-6(11)4(8-7(12)13)2-15-3-5(9)10/h4,8H,2-3H2,1H3,(H,9,10)(H,12,13). The SMILES string of the molecule is COC(=O)C(CSCC(=O)O)NC(=O)O. The van der Waals surface area contributed by atoms with E-state index in [9.17, 15) is 14.4 Å². The molecule has 15 heavy (non-hydrogen) atoms. The number of carboxylic acid groups (broad SMARTS) is 2. The average molecular weight is 237 g/mol. The number of carboxylic acids is 1. The number of methoxy groups -OCH3 is 1. The highest BCUT2D eigenvalue weighted by Gasteiger charge is 2.21. The van der Waals surface area contributed by atoms with E-state index in [0.29, 0.717) is 0 Å². The quantitative estimate of drug-likeness (QED) is 0.539. The highest BCUT2D eigenvalue weighted by molar-refractivity contribution is 8.00. The molecule has 0 fully saturated rings. The Morgan fingerprint density at radius 3 is 2.40 bits per heavy atom. The Kier molecular flexibility index (Phi) is 6.27. The summed E-state index contributed by atoms with van der Waals surface area (Å²) in [5.74, 6) is -1.95. The van der Waals surface area contributed by atoms with Gasteiger partial charge in [0.1, 0.15) is 6.04 Å². The highest BCUT2D eigenvalue weighted by atomic mass is 32.2. The van der Waals surface area contributed by atoms with Crippen LogP contribution in [-0.4, -0.2) is 52.9 Å². The van der Waals surface area contributed by atoms with Crippen molar-refractivity contribution in [3.63, 3.8) is 0 Å². The molecule has 0 aliphatic carbocycles. The summed E-state index contributed by atoms with van der Waals surface area (Å²) >= 11 is 0.929. The van der Waals surface area contributed by atoms with Crippen molar-refractivity contribution in [3.8, 4) is 0 Å². The zero-order valence-electron chi connectivity index (χ0n) is 7.93. The fraction of sp³-hybridized carbons (Fsp3) is 0.571. The van der Waals surface area contributed by atoms with Gasteiger partial charge >= 0.3 is 18.0 Å². The van der Waals surface area contributed by atoms with Crippen molar-refractivity contribution in [1.29, 1.82) is 0 Å². The molecule has 7 nitrogen and oxygen atoms in total. The van der Waals surface area contributed by atoms with E-state index in [4.69, 9.17) is 10.2 Å². The maximum atomic E-state index is 11.0.